The van der Waals surface area contributed by atoms with Gasteiger partial charge in [-0.25, -0.2) is 0 Å². The minimum absolute atomic E-state index is 0. The topological polar surface area (TPSA) is 32.3 Å². The van der Waals surface area contributed by atoms with E-state index in [-0.39, 0.29) is 18.3 Å². The highest BCUT2D eigenvalue weighted by atomic mass is 35.5. The third-order valence-electron chi connectivity index (χ3n) is 2.45. The van der Waals surface area contributed by atoms with Crippen molar-refractivity contribution in [1.82, 2.24) is 10.2 Å². The van der Waals surface area contributed by atoms with Gasteiger partial charge in [0, 0.05) is 32.1 Å². The van der Waals surface area contributed by atoms with Gasteiger partial charge in [0.15, 0.2) is 0 Å². The summed E-state index contributed by atoms with van der Waals surface area (Å²) in [5.74, 6) is 0.239. The van der Waals surface area contributed by atoms with Crippen molar-refractivity contribution in [2.75, 3.05) is 13.1 Å². The second-order valence-corrected chi connectivity index (χ2v) is 3.13. The standard InChI is InChI=1S/C7H12N2O.ClH/c1-5(10)9-6-2-7(9)4-8-3-6;/h6-8H,2-4H2,1H3;1H. The zero-order valence-corrected chi connectivity index (χ0v) is 7.36. The van der Waals surface area contributed by atoms with Crippen molar-refractivity contribution in [2.24, 2.45) is 0 Å². The first kappa shape index (κ1) is 8.81. The Morgan fingerprint density at radius 1 is 1.45 bits per heavy atom. The summed E-state index contributed by atoms with van der Waals surface area (Å²) in [4.78, 5) is 12.9. The Kier molecular flexibility index (Phi) is 2.40. The number of amides is 1. The van der Waals surface area contributed by atoms with E-state index >= 15 is 0 Å². The lowest BCUT2D eigenvalue weighted by molar-refractivity contribution is -0.144. The number of piperidine rings is 1. The summed E-state index contributed by atoms with van der Waals surface area (Å²) in [7, 11) is 0. The van der Waals surface area contributed by atoms with Crippen molar-refractivity contribution in [3.05, 3.63) is 0 Å². The number of carbonyl (C=O) groups is 1. The third-order valence-corrected chi connectivity index (χ3v) is 2.45. The Hall–Kier alpha value is -0.280. The summed E-state index contributed by atoms with van der Waals surface area (Å²) >= 11 is 0. The van der Waals surface area contributed by atoms with Crippen LogP contribution < -0.4 is 5.32 Å². The van der Waals surface area contributed by atoms with E-state index in [1.807, 2.05) is 4.90 Å². The van der Waals surface area contributed by atoms with Crippen LogP contribution in [0.2, 0.25) is 0 Å². The van der Waals surface area contributed by atoms with Gasteiger partial charge in [-0.15, -0.1) is 12.4 Å². The number of rotatable bonds is 0. The second-order valence-electron chi connectivity index (χ2n) is 3.13. The maximum absolute atomic E-state index is 10.9. The molecule has 11 heavy (non-hydrogen) atoms. The number of piperazine rings is 1. The number of halogens is 1. The molecule has 2 bridgehead atoms. The molecule has 0 radical (unpaired) electrons. The van der Waals surface area contributed by atoms with E-state index in [0.29, 0.717) is 12.1 Å². The lowest BCUT2D eigenvalue weighted by atomic mass is 9.89. The van der Waals surface area contributed by atoms with Crippen LogP contribution in [0.15, 0.2) is 0 Å². The Bertz CT molecular complexity index is 160. The molecule has 0 saturated carbocycles. The van der Waals surface area contributed by atoms with Crippen LogP contribution in [0.25, 0.3) is 0 Å². The average Bonchev–Trinajstić information content (AvgIpc) is 1.87. The number of fused-ring (bicyclic) bond motifs is 2. The van der Waals surface area contributed by atoms with Gasteiger partial charge in [-0.05, 0) is 6.42 Å². The van der Waals surface area contributed by atoms with Crippen LogP contribution in [0.5, 0.6) is 0 Å². The fraction of sp³-hybridized carbons (Fsp3) is 0.857. The molecule has 64 valence electrons. The molecule has 3 aliphatic heterocycles. The first-order valence-electron chi connectivity index (χ1n) is 3.78. The predicted molar refractivity (Wildman–Crippen MR) is 44.8 cm³/mol. The Morgan fingerprint density at radius 3 is 2.27 bits per heavy atom. The van der Waals surface area contributed by atoms with Gasteiger partial charge < -0.3 is 10.2 Å². The normalized spacial score (nSPS) is 33.7. The highest BCUT2D eigenvalue weighted by Gasteiger charge is 2.42. The largest absolute Gasteiger partial charge is 0.334 e. The smallest absolute Gasteiger partial charge is 0.220 e. The van der Waals surface area contributed by atoms with Crippen LogP contribution in [0.3, 0.4) is 0 Å². The molecule has 3 fully saturated rings. The monoisotopic (exact) mass is 176 g/mol. The van der Waals surface area contributed by atoms with Gasteiger partial charge in [0.1, 0.15) is 0 Å². The quantitative estimate of drug-likeness (QED) is 0.564. The highest BCUT2D eigenvalue weighted by Crippen LogP contribution is 2.27. The molecule has 3 heterocycles. The summed E-state index contributed by atoms with van der Waals surface area (Å²) in [6.07, 6.45) is 1.21. The SMILES string of the molecule is CC(=O)N1C2CNCC1C2.Cl. The molecule has 0 aromatic carbocycles. The molecular weight excluding hydrogens is 164 g/mol. The lowest BCUT2D eigenvalue weighted by Gasteiger charge is -2.52. The van der Waals surface area contributed by atoms with Gasteiger partial charge in [-0.2, -0.15) is 0 Å². The first-order valence-corrected chi connectivity index (χ1v) is 3.78. The van der Waals surface area contributed by atoms with Crippen molar-refractivity contribution < 1.29 is 4.79 Å². The van der Waals surface area contributed by atoms with Crippen LogP contribution >= 0.6 is 12.4 Å². The zero-order chi connectivity index (χ0) is 7.14. The van der Waals surface area contributed by atoms with Crippen molar-refractivity contribution in [2.45, 2.75) is 25.4 Å². The molecule has 3 nitrogen and oxygen atoms in total. The molecule has 4 heteroatoms. The van der Waals surface area contributed by atoms with Crippen LogP contribution in [-0.2, 0) is 4.79 Å². The minimum atomic E-state index is 0. The molecule has 0 spiro atoms. The zero-order valence-electron chi connectivity index (χ0n) is 6.54. The molecule has 0 aliphatic carbocycles. The van der Waals surface area contributed by atoms with Gasteiger partial charge in [0.05, 0.1) is 0 Å². The number of nitrogens with zero attached hydrogens (tertiary/aromatic N) is 1. The second kappa shape index (κ2) is 2.99. The van der Waals surface area contributed by atoms with Gasteiger partial charge in [0.2, 0.25) is 5.91 Å². The van der Waals surface area contributed by atoms with E-state index < -0.39 is 0 Å². The Balaban J connectivity index is 0.000000605. The molecule has 2 unspecified atom stereocenters. The molecule has 3 rings (SSSR count). The fourth-order valence-corrected chi connectivity index (χ4v) is 2.00. The summed E-state index contributed by atoms with van der Waals surface area (Å²) in [6, 6.07) is 1.02. The summed E-state index contributed by atoms with van der Waals surface area (Å²) in [5.41, 5.74) is 0. The Morgan fingerprint density at radius 2 is 2.00 bits per heavy atom. The van der Waals surface area contributed by atoms with E-state index in [0.717, 1.165) is 13.1 Å². The summed E-state index contributed by atoms with van der Waals surface area (Å²) in [5, 5.41) is 3.28. The van der Waals surface area contributed by atoms with Crippen LogP contribution in [-0.4, -0.2) is 36.0 Å². The molecule has 2 atom stereocenters. The van der Waals surface area contributed by atoms with E-state index in [1.165, 1.54) is 6.42 Å². The number of nitrogens with one attached hydrogen (secondary N) is 1. The highest BCUT2D eigenvalue weighted by molar-refractivity contribution is 5.85. The molecule has 0 aromatic rings. The van der Waals surface area contributed by atoms with Gasteiger partial charge in [-0.3, -0.25) is 4.79 Å². The lowest BCUT2D eigenvalue weighted by Crippen LogP contribution is -2.68. The van der Waals surface area contributed by atoms with Gasteiger partial charge >= 0.3 is 0 Å². The van der Waals surface area contributed by atoms with E-state index in [1.54, 1.807) is 6.92 Å². The van der Waals surface area contributed by atoms with E-state index in [9.17, 15) is 4.79 Å². The number of hydrogen-bond acceptors (Lipinski definition) is 2. The maximum atomic E-state index is 10.9. The van der Waals surface area contributed by atoms with Crippen molar-refractivity contribution >= 4 is 18.3 Å². The number of hydrogen-bond donors (Lipinski definition) is 1. The molecule has 0 aromatic heterocycles. The fourth-order valence-electron chi connectivity index (χ4n) is 2.00. The third kappa shape index (κ3) is 1.23. The summed E-state index contributed by atoms with van der Waals surface area (Å²) in [6.45, 7) is 3.65. The maximum Gasteiger partial charge on any atom is 0.220 e. The first-order chi connectivity index (χ1) is 4.79. The van der Waals surface area contributed by atoms with Crippen LogP contribution in [0.4, 0.5) is 0 Å². The van der Waals surface area contributed by atoms with Crippen LogP contribution in [0, 0.1) is 0 Å². The molecule has 1 N–H and O–H groups in total. The van der Waals surface area contributed by atoms with Crippen molar-refractivity contribution in [3.8, 4) is 0 Å². The number of carbonyl (C=O) groups excluding carboxylic acids is 1. The molecule has 1 amide bonds. The van der Waals surface area contributed by atoms with Crippen molar-refractivity contribution in [3.63, 3.8) is 0 Å². The molecule has 3 saturated heterocycles. The van der Waals surface area contributed by atoms with E-state index in [2.05, 4.69) is 5.32 Å². The van der Waals surface area contributed by atoms with Gasteiger partial charge in [0.25, 0.3) is 0 Å². The average molecular weight is 177 g/mol. The minimum Gasteiger partial charge on any atom is -0.334 e. The molecular formula is C7H13ClN2O. The summed E-state index contributed by atoms with van der Waals surface area (Å²) < 4.78 is 0. The van der Waals surface area contributed by atoms with Crippen molar-refractivity contribution in [1.29, 1.82) is 0 Å². The predicted octanol–water partition coefficient (Wildman–Crippen LogP) is 0.000800. The Labute approximate surface area is 72.5 Å². The van der Waals surface area contributed by atoms with Crippen LogP contribution in [0.1, 0.15) is 13.3 Å². The van der Waals surface area contributed by atoms with E-state index in [4.69, 9.17) is 0 Å². The molecule has 3 aliphatic rings. The van der Waals surface area contributed by atoms with Gasteiger partial charge in [-0.1, -0.05) is 0 Å².